The summed E-state index contributed by atoms with van der Waals surface area (Å²) in [5.41, 5.74) is 0.549. The first kappa shape index (κ1) is 26.3. The van der Waals surface area contributed by atoms with E-state index in [0.717, 1.165) is 12.1 Å². The topological polar surface area (TPSA) is 103 Å². The molecule has 8 nitrogen and oxygen atoms in total. The number of halogens is 3. The van der Waals surface area contributed by atoms with Crippen LogP contribution in [0, 0.1) is 0 Å². The molecule has 0 aliphatic carbocycles. The van der Waals surface area contributed by atoms with E-state index in [2.05, 4.69) is 20.1 Å². The molecule has 0 atom stereocenters. The monoisotopic (exact) mass is 515 g/mol. The third-order valence-electron chi connectivity index (χ3n) is 6.27. The molecule has 0 amide bonds. The molecule has 4 rings (SSSR count). The molecule has 0 unspecified atom stereocenters. The van der Waals surface area contributed by atoms with Crippen molar-refractivity contribution in [2.45, 2.75) is 38.9 Å². The second-order valence-electron chi connectivity index (χ2n) is 10.1. The number of alkyl halides is 3. The van der Waals surface area contributed by atoms with Crippen LogP contribution >= 0.6 is 0 Å². The number of pyridine rings is 1. The minimum absolute atomic E-state index is 0.0721. The zero-order valence-corrected chi connectivity index (χ0v) is 20.7. The molecule has 1 aromatic carbocycles. The van der Waals surface area contributed by atoms with Crippen molar-refractivity contribution in [3.8, 4) is 16.9 Å². The summed E-state index contributed by atoms with van der Waals surface area (Å²) in [6.07, 6.45) is -1.87. The number of carboxylic acids is 1. The van der Waals surface area contributed by atoms with Crippen molar-refractivity contribution >= 4 is 11.8 Å². The van der Waals surface area contributed by atoms with Gasteiger partial charge in [-0.3, -0.25) is 9.88 Å². The lowest BCUT2D eigenvalue weighted by Gasteiger charge is -2.36. The average Bonchev–Trinajstić information content (AvgIpc) is 2.83. The third-order valence-corrected chi connectivity index (χ3v) is 6.27. The number of hydrogen-bond acceptors (Lipinski definition) is 7. The summed E-state index contributed by atoms with van der Waals surface area (Å²) in [7, 11) is 0. The Balaban J connectivity index is 1.52. The van der Waals surface area contributed by atoms with Crippen molar-refractivity contribution in [1.29, 1.82) is 0 Å². The molecule has 1 fully saturated rings. The number of piperazine rings is 1. The van der Waals surface area contributed by atoms with Gasteiger partial charge >= 0.3 is 12.1 Å². The van der Waals surface area contributed by atoms with Crippen LogP contribution in [0.3, 0.4) is 0 Å². The summed E-state index contributed by atoms with van der Waals surface area (Å²) in [5.74, 6) is -0.676. The van der Waals surface area contributed by atoms with E-state index < -0.39 is 23.1 Å². The normalized spacial score (nSPS) is 15.1. The van der Waals surface area contributed by atoms with Crippen molar-refractivity contribution in [2.75, 3.05) is 31.1 Å². The lowest BCUT2D eigenvalue weighted by molar-refractivity contribution is -0.137. The first-order valence-electron chi connectivity index (χ1n) is 11.8. The number of hydrogen-bond donors (Lipinski definition) is 2. The molecule has 1 aliphatic rings. The summed E-state index contributed by atoms with van der Waals surface area (Å²) in [4.78, 5) is 19.5. The number of aromatic hydroxyl groups is 1. The number of nitrogens with zero attached hydrogens (tertiary/aromatic N) is 5. The van der Waals surface area contributed by atoms with Crippen molar-refractivity contribution in [2.24, 2.45) is 0 Å². The Morgan fingerprint density at radius 3 is 2.24 bits per heavy atom. The highest BCUT2D eigenvalue weighted by atomic mass is 19.4. The summed E-state index contributed by atoms with van der Waals surface area (Å²) in [6, 6.07) is 7.04. The van der Waals surface area contributed by atoms with Crippen LogP contribution in [-0.4, -0.2) is 62.4 Å². The van der Waals surface area contributed by atoms with Crippen LogP contribution in [-0.2, 0) is 18.1 Å². The minimum atomic E-state index is -4.51. The Kier molecular flexibility index (Phi) is 7.09. The number of aromatic carboxylic acids is 1. The molecule has 1 saturated heterocycles. The van der Waals surface area contributed by atoms with E-state index in [0.29, 0.717) is 60.8 Å². The maximum Gasteiger partial charge on any atom is 0.416 e. The van der Waals surface area contributed by atoms with Gasteiger partial charge in [-0.25, -0.2) is 4.79 Å². The highest BCUT2D eigenvalue weighted by molar-refractivity contribution is 5.87. The van der Waals surface area contributed by atoms with Crippen LogP contribution < -0.4 is 4.90 Å². The molecule has 1 aliphatic heterocycles. The maximum absolute atomic E-state index is 13.6. The quantitative estimate of drug-likeness (QED) is 0.509. The van der Waals surface area contributed by atoms with Crippen molar-refractivity contribution in [1.82, 2.24) is 20.1 Å². The first-order chi connectivity index (χ1) is 17.3. The summed E-state index contributed by atoms with van der Waals surface area (Å²) in [6.45, 7) is 8.32. The van der Waals surface area contributed by atoms with E-state index >= 15 is 0 Å². The van der Waals surface area contributed by atoms with E-state index in [1.54, 1.807) is 12.1 Å². The Morgan fingerprint density at radius 1 is 0.946 bits per heavy atom. The van der Waals surface area contributed by atoms with Crippen LogP contribution in [0.15, 0.2) is 42.7 Å². The van der Waals surface area contributed by atoms with E-state index in [1.807, 2.05) is 25.7 Å². The standard InChI is InChI=1S/C26H28F3N5O3/c1-25(2,3)21-12-22(31-32-23(21)24(36)37)34-6-4-33(5-7-34)15-16-8-17(10-19(9-16)26(27,28)29)18-11-20(35)14-30-13-18/h8-14,35H,4-7,15H2,1-3H3,(H,36,37). The lowest BCUT2D eigenvalue weighted by Crippen LogP contribution is -2.46. The molecule has 37 heavy (non-hydrogen) atoms. The first-order valence-corrected chi connectivity index (χ1v) is 11.8. The second kappa shape index (κ2) is 9.97. The summed E-state index contributed by atoms with van der Waals surface area (Å²) in [5, 5.41) is 27.3. The van der Waals surface area contributed by atoms with Crippen molar-refractivity contribution in [3.63, 3.8) is 0 Å². The van der Waals surface area contributed by atoms with Gasteiger partial charge in [0.15, 0.2) is 11.5 Å². The highest BCUT2D eigenvalue weighted by Gasteiger charge is 2.32. The lowest BCUT2D eigenvalue weighted by atomic mass is 9.86. The molecule has 3 aromatic rings. The van der Waals surface area contributed by atoms with Gasteiger partial charge in [0.1, 0.15) is 5.75 Å². The smallest absolute Gasteiger partial charge is 0.416 e. The van der Waals surface area contributed by atoms with Gasteiger partial charge in [0.05, 0.1) is 11.8 Å². The molecule has 2 N–H and O–H groups in total. The molecular weight excluding hydrogens is 487 g/mol. The Hall–Kier alpha value is -3.73. The van der Waals surface area contributed by atoms with Gasteiger partial charge in [0, 0.05) is 44.5 Å². The molecule has 0 saturated carbocycles. The fourth-order valence-electron chi connectivity index (χ4n) is 4.36. The molecule has 196 valence electrons. The van der Waals surface area contributed by atoms with Gasteiger partial charge in [-0.2, -0.15) is 13.2 Å². The van der Waals surface area contributed by atoms with Crippen molar-refractivity contribution < 1.29 is 28.2 Å². The zero-order chi connectivity index (χ0) is 27.0. The molecule has 2 aromatic heterocycles. The number of benzene rings is 1. The number of aromatic nitrogens is 3. The molecule has 3 heterocycles. The number of rotatable bonds is 5. The predicted molar refractivity (Wildman–Crippen MR) is 132 cm³/mol. The van der Waals surface area contributed by atoms with E-state index in [9.17, 15) is 28.2 Å². The van der Waals surface area contributed by atoms with Gasteiger partial charge in [0.2, 0.25) is 0 Å². The Morgan fingerprint density at radius 2 is 1.65 bits per heavy atom. The van der Waals surface area contributed by atoms with Gasteiger partial charge in [-0.05, 0) is 52.4 Å². The number of carbonyl (C=O) groups is 1. The molecule has 11 heteroatoms. The van der Waals surface area contributed by atoms with Gasteiger partial charge < -0.3 is 15.1 Å². The van der Waals surface area contributed by atoms with Crippen LogP contribution in [0.4, 0.5) is 19.0 Å². The average molecular weight is 516 g/mol. The fraction of sp³-hybridized carbons (Fsp3) is 0.385. The molecule has 0 spiro atoms. The minimum Gasteiger partial charge on any atom is -0.506 e. The van der Waals surface area contributed by atoms with E-state index in [1.165, 1.54) is 18.5 Å². The molecule has 0 radical (unpaired) electrons. The summed E-state index contributed by atoms with van der Waals surface area (Å²) >= 11 is 0. The Bertz CT molecular complexity index is 1300. The van der Waals surface area contributed by atoms with E-state index in [4.69, 9.17) is 0 Å². The third kappa shape index (κ3) is 6.16. The highest BCUT2D eigenvalue weighted by Crippen LogP contribution is 2.34. The van der Waals surface area contributed by atoms with Gasteiger partial charge in [-0.15, -0.1) is 10.2 Å². The molecular formula is C26H28F3N5O3. The van der Waals surface area contributed by atoms with Crippen LogP contribution in [0.2, 0.25) is 0 Å². The number of carboxylic acid groups (broad SMARTS) is 1. The number of anilines is 1. The summed E-state index contributed by atoms with van der Waals surface area (Å²) < 4.78 is 40.9. The van der Waals surface area contributed by atoms with E-state index in [-0.39, 0.29) is 11.4 Å². The maximum atomic E-state index is 13.6. The van der Waals surface area contributed by atoms with Gasteiger partial charge in [-0.1, -0.05) is 20.8 Å². The largest absolute Gasteiger partial charge is 0.506 e. The van der Waals surface area contributed by atoms with Gasteiger partial charge in [0.25, 0.3) is 0 Å². The van der Waals surface area contributed by atoms with Crippen LogP contribution in [0.5, 0.6) is 5.75 Å². The second-order valence-corrected chi connectivity index (χ2v) is 10.1. The zero-order valence-electron chi connectivity index (χ0n) is 20.7. The Labute approximate surface area is 212 Å². The van der Waals surface area contributed by atoms with Crippen molar-refractivity contribution in [3.05, 3.63) is 65.1 Å². The van der Waals surface area contributed by atoms with Crippen LogP contribution in [0.25, 0.3) is 11.1 Å². The molecule has 0 bridgehead atoms. The SMILES string of the molecule is CC(C)(C)c1cc(N2CCN(Cc3cc(-c4cncc(O)c4)cc(C(F)(F)F)c3)CC2)nnc1C(=O)O. The van der Waals surface area contributed by atoms with Crippen LogP contribution in [0.1, 0.15) is 48.0 Å². The predicted octanol–water partition coefficient (Wildman–Crippen LogP) is 4.58. The fourth-order valence-corrected chi connectivity index (χ4v) is 4.36.